The van der Waals surface area contributed by atoms with Gasteiger partial charge in [0.05, 0.1) is 26.9 Å². The highest BCUT2D eigenvalue weighted by molar-refractivity contribution is 6.31. The van der Waals surface area contributed by atoms with Crippen LogP contribution in [-0.2, 0) is 9.47 Å². The van der Waals surface area contributed by atoms with Gasteiger partial charge in [-0.25, -0.2) is 0 Å². The summed E-state index contributed by atoms with van der Waals surface area (Å²) < 4.78 is 22.5. The van der Waals surface area contributed by atoms with Gasteiger partial charge in [0.1, 0.15) is 17.0 Å². The first-order chi connectivity index (χ1) is 13.7. The maximum Gasteiger partial charge on any atom is 0.160 e. The Labute approximate surface area is 169 Å². The standard InChI is InChI=1S/C22H22ClNO4/c1-25-20-6-5-18(19-4-2-8-24-22(19)20)15-12-16(23)14-17(13-15)26-11-7-21-27-9-3-10-28-21/h2,4-6,8,12-14,21H,3,7,9-11H2,1H3. The molecular weight excluding hydrogens is 378 g/mol. The molecule has 1 fully saturated rings. The summed E-state index contributed by atoms with van der Waals surface area (Å²) in [6.45, 7) is 1.98. The number of aromatic nitrogens is 1. The zero-order valence-corrected chi connectivity index (χ0v) is 16.4. The number of rotatable bonds is 6. The number of benzene rings is 2. The molecule has 0 bridgehead atoms. The number of pyridine rings is 1. The first-order valence-electron chi connectivity index (χ1n) is 9.33. The summed E-state index contributed by atoms with van der Waals surface area (Å²) in [6, 6.07) is 13.6. The van der Waals surface area contributed by atoms with Crippen LogP contribution in [0.25, 0.3) is 22.0 Å². The Balaban J connectivity index is 1.58. The van der Waals surface area contributed by atoms with Crippen LogP contribution in [0.4, 0.5) is 0 Å². The van der Waals surface area contributed by atoms with Gasteiger partial charge in [-0.2, -0.15) is 0 Å². The molecule has 0 saturated carbocycles. The second-order valence-corrected chi connectivity index (χ2v) is 6.99. The Hall–Kier alpha value is -2.34. The van der Waals surface area contributed by atoms with E-state index in [0.717, 1.165) is 47.4 Å². The predicted molar refractivity (Wildman–Crippen MR) is 109 cm³/mol. The normalized spacial score (nSPS) is 14.9. The second kappa shape index (κ2) is 8.78. The van der Waals surface area contributed by atoms with Crippen molar-refractivity contribution in [2.75, 3.05) is 26.9 Å². The summed E-state index contributed by atoms with van der Waals surface area (Å²) in [5, 5.41) is 1.62. The number of methoxy groups -OCH3 is 1. The number of halogens is 1. The molecule has 1 aromatic heterocycles. The summed E-state index contributed by atoms with van der Waals surface area (Å²) in [4.78, 5) is 4.47. The van der Waals surface area contributed by atoms with Gasteiger partial charge in [-0.1, -0.05) is 17.7 Å². The third kappa shape index (κ3) is 4.22. The molecular formula is C22H22ClNO4. The van der Waals surface area contributed by atoms with Gasteiger partial charge in [0, 0.05) is 23.0 Å². The fraction of sp³-hybridized carbons (Fsp3) is 0.318. The largest absolute Gasteiger partial charge is 0.494 e. The average molecular weight is 400 g/mol. The minimum atomic E-state index is -0.191. The number of hydrogen-bond donors (Lipinski definition) is 0. The van der Waals surface area contributed by atoms with Crippen LogP contribution in [0.3, 0.4) is 0 Å². The zero-order chi connectivity index (χ0) is 19.3. The molecule has 0 unspecified atom stereocenters. The van der Waals surface area contributed by atoms with E-state index in [0.29, 0.717) is 23.8 Å². The number of ether oxygens (including phenoxy) is 4. The van der Waals surface area contributed by atoms with Crippen LogP contribution in [0.15, 0.2) is 48.7 Å². The molecule has 2 aromatic carbocycles. The van der Waals surface area contributed by atoms with E-state index in [9.17, 15) is 0 Å². The van der Waals surface area contributed by atoms with Crippen LogP contribution in [0.1, 0.15) is 12.8 Å². The SMILES string of the molecule is COc1ccc(-c2cc(Cl)cc(OCCC3OCCCO3)c2)c2cccnc12. The second-order valence-electron chi connectivity index (χ2n) is 6.55. The Kier molecular flexibility index (Phi) is 5.95. The molecule has 0 N–H and O–H groups in total. The summed E-state index contributed by atoms with van der Waals surface area (Å²) >= 11 is 6.37. The summed E-state index contributed by atoms with van der Waals surface area (Å²) in [6.07, 6.45) is 3.19. The lowest BCUT2D eigenvalue weighted by Crippen LogP contribution is -2.26. The lowest BCUT2D eigenvalue weighted by molar-refractivity contribution is -0.183. The molecule has 4 rings (SSSR count). The summed E-state index contributed by atoms with van der Waals surface area (Å²) in [5.41, 5.74) is 2.81. The highest BCUT2D eigenvalue weighted by Gasteiger charge is 2.15. The molecule has 0 atom stereocenters. The third-order valence-electron chi connectivity index (χ3n) is 4.65. The topological polar surface area (TPSA) is 49.8 Å². The lowest BCUT2D eigenvalue weighted by Gasteiger charge is -2.23. The molecule has 1 aliphatic rings. The fourth-order valence-electron chi connectivity index (χ4n) is 3.34. The monoisotopic (exact) mass is 399 g/mol. The molecule has 0 spiro atoms. The Bertz CT molecular complexity index is 956. The predicted octanol–water partition coefficient (Wildman–Crippen LogP) is 5.10. The van der Waals surface area contributed by atoms with Gasteiger partial charge in [-0.3, -0.25) is 4.98 Å². The van der Waals surface area contributed by atoms with Gasteiger partial charge in [-0.05, 0) is 53.9 Å². The first-order valence-corrected chi connectivity index (χ1v) is 9.71. The zero-order valence-electron chi connectivity index (χ0n) is 15.7. The van der Waals surface area contributed by atoms with E-state index >= 15 is 0 Å². The molecule has 5 nitrogen and oxygen atoms in total. The highest BCUT2D eigenvalue weighted by atomic mass is 35.5. The molecule has 0 radical (unpaired) electrons. The van der Waals surface area contributed by atoms with E-state index in [2.05, 4.69) is 4.98 Å². The number of nitrogens with zero attached hydrogens (tertiary/aromatic N) is 1. The highest BCUT2D eigenvalue weighted by Crippen LogP contribution is 2.36. The van der Waals surface area contributed by atoms with Crippen LogP contribution >= 0.6 is 11.6 Å². The van der Waals surface area contributed by atoms with Crippen LogP contribution in [-0.4, -0.2) is 38.2 Å². The lowest BCUT2D eigenvalue weighted by atomic mass is 10.00. The molecule has 1 aliphatic heterocycles. The van der Waals surface area contributed by atoms with E-state index in [1.54, 1.807) is 13.3 Å². The van der Waals surface area contributed by atoms with Crippen molar-refractivity contribution in [1.82, 2.24) is 4.98 Å². The van der Waals surface area contributed by atoms with Gasteiger partial charge < -0.3 is 18.9 Å². The van der Waals surface area contributed by atoms with Crippen molar-refractivity contribution in [3.05, 3.63) is 53.7 Å². The Morgan fingerprint density at radius 2 is 2.00 bits per heavy atom. The van der Waals surface area contributed by atoms with Crippen LogP contribution < -0.4 is 9.47 Å². The molecule has 3 aromatic rings. The third-order valence-corrected chi connectivity index (χ3v) is 4.87. The molecule has 0 amide bonds. The van der Waals surface area contributed by atoms with Crippen molar-refractivity contribution in [3.63, 3.8) is 0 Å². The molecule has 6 heteroatoms. The van der Waals surface area contributed by atoms with E-state index in [4.69, 9.17) is 30.5 Å². The Morgan fingerprint density at radius 3 is 2.82 bits per heavy atom. The molecule has 146 valence electrons. The van der Waals surface area contributed by atoms with Crippen molar-refractivity contribution in [2.24, 2.45) is 0 Å². The maximum absolute atomic E-state index is 6.37. The van der Waals surface area contributed by atoms with E-state index in [-0.39, 0.29) is 6.29 Å². The number of fused-ring (bicyclic) bond motifs is 1. The van der Waals surface area contributed by atoms with Gasteiger partial charge in [0.2, 0.25) is 0 Å². The smallest absolute Gasteiger partial charge is 0.160 e. The molecule has 0 aliphatic carbocycles. The van der Waals surface area contributed by atoms with Crippen LogP contribution in [0.2, 0.25) is 5.02 Å². The quantitative estimate of drug-likeness (QED) is 0.577. The van der Waals surface area contributed by atoms with E-state index in [1.807, 2.05) is 42.5 Å². The summed E-state index contributed by atoms with van der Waals surface area (Å²) in [7, 11) is 1.65. The van der Waals surface area contributed by atoms with Gasteiger partial charge >= 0.3 is 0 Å². The van der Waals surface area contributed by atoms with Crippen LogP contribution in [0, 0.1) is 0 Å². The van der Waals surface area contributed by atoms with Crippen LogP contribution in [0.5, 0.6) is 11.5 Å². The van der Waals surface area contributed by atoms with Crippen molar-refractivity contribution in [2.45, 2.75) is 19.1 Å². The maximum atomic E-state index is 6.37. The van der Waals surface area contributed by atoms with E-state index < -0.39 is 0 Å². The van der Waals surface area contributed by atoms with Crippen molar-refractivity contribution >= 4 is 22.5 Å². The molecule has 1 saturated heterocycles. The summed E-state index contributed by atoms with van der Waals surface area (Å²) in [5.74, 6) is 1.46. The first kappa shape index (κ1) is 19.0. The van der Waals surface area contributed by atoms with Crippen molar-refractivity contribution < 1.29 is 18.9 Å². The van der Waals surface area contributed by atoms with Gasteiger partial charge in [0.15, 0.2) is 6.29 Å². The minimum absolute atomic E-state index is 0.191. The van der Waals surface area contributed by atoms with Gasteiger partial charge in [-0.15, -0.1) is 0 Å². The average Bonchev–Trinajstić information content (AvgIpc) is 2.73. The van der Waals surface area contributed by atoms with Crippen molar-refractivity contribution in [1.29, 1.82) is 0 Å². The molecule has 2 heterocycles. The number of hydrogen-bond acceptors (Lipinski definition) is 5. The Morgan fingerprint density at radius 1 is 1.14 bits per heavy atom. The molecule has 28 heavy (non-hydrogen) atoms. The van der Waals surface area contributed by atoms with Crippen molar-refractivity contribution in [3.8, 4) is 22.6 Å². The fourth-order valence-corrected chi connectivity index (χ4v) is 3.57. The minimum Gasteiger partial charge on any atom is -0.494 e. The van der Waals surface area contributed by atoms with Gasteiger partial charge in [0.25, 0.3) is 0 Å². The van der Waals surface area contributed by atoms with E-state index in [1.165, 1.54) is 0 Å².